The molecule has 0 aromatic heterocycles. The van der Waals surface area contributed by atoms with Gasteiger partial charge in [-0.25, -0.2) is 4.57 Å². The van der Waals surface area contributed by atoms with Gasteiger partial charge in [-0.1, -0.05) is 12.8 Å². The maximum Gasteiger partial charge on any atom is 0.602 e. The van der Waals surface area contributed by atoms with Crippen LogP contribution in [0, 0.1) is 25.1 Å². The predicted molar refractivity (Wildman–Crippen MR) is 29.7 cm³/mol. The molecule has 0 heterocycles. The molecule has 0 aliphatic carbocycles. The van der Waals surface area contributed by atoms with Gasteiger partial charge in [-0.05, 0) is 0 Å². The molecule has 1 N–H and O–H groups in total. The van der Waals surface area contributed by atoms with Gasteiger partial charge in [-0.3, -0.25) is 4.89 Å². The highest BCUT2D eigenvalue weighted by atomic mass is 31.2. The molecule has 4 nitrogen and oxygen atoms in total. The van der Waals surface area contributed by atoms with Crippen LogP contribution in [0.5, 0.6) is 0 Å². The summed E-state index contributed by atoms with van der Waals surface area (Å²) in [5.41, 5.74) is 0. The van der Waals surface area contributed by atoms with E-state index in [2.05, 4.69) is 21.9 Å². The van der Waals surface area contributed by atoms with Crippen LogP contribution in [0.1, 0.15) is 0 Å². The van der Waals surface area contributed by atoms with Gasteiger partial charge in [-0.15, -0.1) is 0 Å². The maximum absolute atomic E-state index is 10.2. The molecule has 0 amide bonds. The molecule has 0 unspecified atom stereocenters. The van der Waals surface area contributed by atoms with E-state index in [1.54, 1.807) is 0 Å². The summed E-state index contributed by atoms with van der Waals surface area (Å²) in [6.07, 6.45) is 11.9. The molecule has 0 atom stereocenters. The van der Waals surface area contributed by atoms with Crippen LogP contribution in [-0.2, 0) is 13.6 Å². The van der Waals surface area contributed by atoms with Crippen LogP contribution in [0.15, 0.2) is 0 Å². The Bertz CT molecular complexity index is 188. The van der Waals surface area contributed by atoms with E-state index in [0.29, 0.717) is 0 Å². The van der Waals surface area contributed by atoms with Crippen LogP contribution < -0.4 is 0 Å². The minimum absolute atomic E-state index is 1.46. The summed E-state index contributed by atoms with van der Waals surface area (Å²) in [7, 11) is -4.16. The van der Waals surface area contributed by atoms with Gasteiger partial charge in [0.15, 0.2) is 0 Å². The Labute approximate surface area is 52.4 Å². The number of phosphoric ester groups is 1. The van der Waals surface area contributed by atoms with E-state index in [1.165, 1.54) is 12.2 Å². The molecule has 0 bridgehead atoms. The highest BCUT2D eigenvalue weighted by Gasteiger charge is 2.20. The van der Waals surface area contributed by atoms with Gasteiger partial charge >= 0.3 is 7.82 Å². The Balaban J connectivity index is 3.95. The second kappa shape index (κ2) is 3.04. The fourth-order valence-corrected chi connectivity index (χ4v) is 0.456. The number of rotatable bonds is 2. The van der Waals surface area contributed by atoms with Gasteiger partial charge in [-0.2, -0.15) is 0 Å². The summed E-state index contributed by atoms with van der Waals surface area (Å²) < 4.78 is 17.7. The monoisotopic (exact) mass is 146 g/mol. The van der Waals surface area contributed by atoms with Crippen LogP contribution in [0.3, 0.4) is 0 Å². The van der Waals surface area contributed by atoms with Gasteiger partial charge in [0.05, 0.1) is 0 Å². The summed E-state index contributed by atoms with van der Waals surface area (Å²) in [5, 5.41) is 0. The molecule has 5 heteroatoms. The molecule has 0 fully saturated rings. The van der Waals surface area contributed by atoms with E-state index < -0.39 is 7.82 Å². The number of hydrogen-bond donors (Lipinski definition) is 1. The zero-order valence-electron chi connectivity index (χ0n) is 4.27. The first-order valence-electron chi connectivity index (χ1n) is 1.73. The SMILES string of the molecule is C#COP(=O)(O)OC#C. The first kappa shape index (κ1) is 7.91. The molecule has 0 aliphatic rings. The molecule has 0 radical (unpaired) electrons. The van der Waals surface area contributed by atoms with Crippen molar-refractivity contribution in [3.63, 3.8) is 0 Å². The molecular weight excluding hydrogens is 143 g/mol. The minimum Gasteiger partial charge on any atom is -0.341 e. The largest absolute Gasteiger partial charge is 0.602 e. The summed E-state index contributed by atoms with van der Waals surface area (Å²) in [6.45, 7) is 0. The highest BCUT2D eigenvalue weighted by molar-refractivity contribution is 7.47. The number of hydrogen-bond acceptors (Lipinski definition) is 3. The van der Waals surface area contributed by atoms with Gasteiger partial charge in [0.25, 0.3) is 0 Å². The Morgan fingerprint density at radius 2 is 1.67 bits per heavy atom. The standard InChI is InChI=1S/C4H3O4P/c1-3-7-9(5,6)8-4-2/h1-2H,(H,5,6). The van der Waals surface area contributed by atoms with Gasteiger partial charge in [0.2, 0.25) is 0 Å². The van der Waals surface area contributed by atoms with E-state index in [-0.39, 0.29) is 0 Å². The normalized spacial score (nSPS) is 8.78. The highest BCUT2D eigenvalue weighted by Crippen LogP contribution is 2.41. The fourth-order valence-electron chi connectivity index (χ4n) is 0.152. The molecule has 9 heavy (non-hydrogen) atoms. The number of terminal acetylenes is 2. The lowest BCUT2D eigenvalue weighted by molar-refractivity contribution is 0.264. The molecule has 0 aromatic rings. The minimum atomic E-state index is -4.16. The summed E-state index contributed by atoms with van der Waals surface area (Å²) >= 11 is 0. The van der Waals surface area contributed by atoms with Gasteiger partial charge in [0, 0.05) is 0 Å². The van der Waals surface area contributed by atoms with Crippen LogP contribution in [-0.4, -0.2) is 4.89 Å². The molecule has 0 rings (SSSR count). The van der Waals surface area contributed by atoms with E-state index in [9.17, 15) is 4.57 Å². The Morgan fingerprint density at radius 1 is 1.33 bits per heavy atom. The first-order chi connectivity index (χ1) is 4.12. The molecular formula is C4H3O4P. The third-order valence-electron chi connectivity index (χ3n) is 0.336. The second-order valence-electron chi connectivity index (χ2n) is 0.887. The molecule has 48 valence electrons. The zero-order chi connectivity index (χ0) is 7.33. The van der Waals surface area contributed by atoms with E-state index >= 15 is 0 Å². The lowest BCUT2D eigenvalue weighted by Crippen LogP contribution is -1.82. The number of phosphoric acid groups is 1. The Hall–Kier alpha value is -1.09. The van der Waals surface area contributed by atoms with E-state index in [1.807, 2.05) is 0 Å². The quantitative estimate of drug-likeness (QED) is 0.449. The summed E-state index contributed by atoms with van der Waals surface area (Å²) in [4.78, 5) is 8.34. The third kappa shape index (κ3) is 3.49. The summed E-state index contributed by atoms with van der Waals surface area (Å²) in [6, 6.07) is 0. The first-order valence-corrected chi connectivity index (χ1v) is 3.23. The molecule has 0 saturated heterocycles. The van der Waals surface area contributed by atoms with Crippen LogP contribution in [0.2, 0.25) is 0 Å². The van der Waals surface area contributed by atoms with E-state index in [0.717, 1.165) is 0 Å². The van der Waals surface area contributed by atoms with Crippen LogP contribution in [0.4, 0.5) is 0 Å². The average Bonchev–Trinajstić information content (AvgIpc) is 1.64. The Kier molecular flexibility index (Phi) is 2.67. The van der Waals surface area contributed by atoms with E-state index in [4.69, 9.17) is 4.89 Å². The van der Waals surface area contributed by atoms with Gasteiger partial charge < -0.3 is 9.05 Å². The second-order valence-corrected chi connectivity index (χ2v) is 2.19. The predicted octanol–water partition coefficient (Wildman–Crippen LogP) is 0.301. The van der Waals surface area contributed by atoms with Crippen LogP contribution in [0.25, 0.3) is 0 Å². The molecule has 0 saturated carbocycles. The van der Waals surface area contributed by atoms with Crippen molar-refractivity contribution in [1.29, 1.82) is 0 Å². The van der Waals surface area contributed by atoms with Crippen molar-refractivity contribution in [2.24, 2.45) is 0 Å². The molecule has 0 aromatic carbocycles. The lowest BCUT2D eigenvalue weighted by Gasteiger charge is -2.00. The summed E-state index contributed by atoms with van der Waals surface area (Å²) in [5.74, 6) is 0. The van der Waals surface area contributed by atoms with Crippen molar-refractivity contribution in [3.8, 4) is 25.1 Å². The molecule has 0 aliphatic heterocycles. The third-order valence-corrected chi connectivity index (χ3v) is 1.01. The fraction of sp³-hybridized carbons (Fsp3) is 0. The van der Waals surface area contributed by atoms with Crippen molar-refractivity contribution in [2.75, 3.05) is 0 Å². The smallest absolute Gasteiger partial charge is 0.341 e. The molecule has 0 spiro atoms. The van der Waals surface area contributed by atoms with Crippen molar-refractivity contribution < 1.29 is 18.5 Å². The van der Waals surface area contributed by atoms with Gasteiger partial charge in [0.1, 0.15) is 12.2 Å². The zero-order valence-corrected chi connectivity index (χ0v) is 5.17. The lowest BCUT2D eigenvalue weighted by atomic mass is 11.3. The van der Waals surface area contributed by atoms with Crippen molar-refractivity contribution in [1.82, 2.24) is 0 Å². The van der Waals surface area contributed by atoms with Crippen molar-refractivity contribution >= 4 is 7.82 Å². The topological polar surface area (TPSA) is 55.8 Å². The maximum atomic E-state index is 10.2. The van der Waals surface area contributed by atoms with Crippen molar-refractivity contribution in [3.05, 3.63) is 0 Å². The van der Waals surface area contributed by atoms with Crippen LogP contribution >= 0.6 is 7.82 Å². The van der Waals surface area contributed by atoms with Crippen molar-refractivity contribution in [2.45, 2.75) is 0 Å². The average molecular weight is 146 g/mol. The Morgan fingerprint density at radius 3 is 1.89 bits per heavy atom.